The third-order valence-electron chi connectivity index (χ3n) is 4.64. The number of ether oxygens (including phenoxy) is 2. The van der Waals surface area contributed by atoms with E-state index in [1.165, 1.54) is 6.08 Å². The van der Waals surface area contributed by atoms with E-state index in [0.717, 1.165) is 16.8 Å². The highest BCUT2D eigenvalue weighted by Gasteiger charge is 2.31. The molecule has 2 aromatic rings. The first-order valence-electron chi connectivity index (χ1n) is 8.84. The summed E-state index contributed by atoms with van der Waals surface area (Å²) in [5.41, 5.74) is 2.85. The lowest BCUT2D eigenvalue weighted by Crippen LogP contribution is -2.36. The molecule has 0 radical (unpaired) electrons. The molecule has 1 atom stereocenters. The molecule has 2 aliphatic heterocycles. The van der Waals surface area contributed by atoms with Crippen molar-refractivity contribution in [2.75, 3.05) is 18.2 Å². The van der Waals surface area contributed by atoms with E-state index in [4.69, 9.17) is 9.47 Å². The average Bonchev–Trinajstić information content (AvgIpc) is 3.26. The van der Waals surface area contributed by atoms with Crippen molar-refractivity contribution in [1.82, 2.24) is 5.32 Å². The zero-order chi connectivity index (χ0) is 18.8. The van der Waals surface area contributed by atoms with Gasteiger partial charge < -0.3 is 19.7 Å². The maximum absolute atomic E-state index is 12.3. The topological polar surface area (TPSA) is 67.9 Å². The monoisotopic (exact) mass is 364 g/mol. The third kappa shape index (κ3) is 3.79. The molecule has 2 heterocycles. The molecule has 1 unspecified atom stereocenters. The smallest absolute Gasteiger partial charge is 0.244 e. The number of fused-ring (bicyclic) bond motifs is 1. The second-order valence-corrected chi connectivity index (χ2v) is 6.70. The lowest BCUT2D eigenvalue weighted by molar-refractivity contribution is -0.117. The molecule has 138 valence electrons. The Morgan fingerprint density at radius 1 is 1.15 bits per heavy atom. The lowest BCUT2D eigenvalue weighted by atomic mass is 10.2. The molecule has 1 fully saturated rings. The summed E-state index contributed by atoms with van der Waals surface area (Å²) in [4.78, 5) is 26.2. The van der Waals surface area contributed by atoms with E-state index in [1.807, 2.05) is 49.4 Å². The summed E-state index contributed by atoms with van der Waals surface area (Å²) in [6, 6.07) is 13.1. The number of carbonyl (C=O) groups excluding carboxylic acids is 2. The van der Waals surface area contributed by atoms with Gasteiger partial charge in [0.15, 0.2) is 11.5 Å². The number of nitrogens with zero attached hydrogens (tertiary/aromatic N) is 1. The number of carbonyl (C=O) groups is 2. The van der Waals surface area contributed by atoms with E-state index in [2.05, 4.69) is 5.32 Å². The molecule has 4 rings (SSSR count). The Bertz CT molecular complexity index is 905. The van der Waals surface area contributed by atoms with Crippen molar-refractivity contribution in [2.24, 2.45) is 0 Å². The maximum Gasteiger partial charge on any atom is 0.244 e. The molecule has 0 aromatic heterocycles. The van der Waals surface area contributed by atoms with Gasteiger partial charge in [-0.3, -0.25) is 9.59 Å². The van der Waals surface area contributed by atoms with Crippen LogP contribution >= 0.6 is 0 Å². The van der Waals surface area contributed by atoms with Crippen molar-refractivity contribution in [1.29, 1.82) is 0 Å². The molecule has 2 aliphatic rings. The minimum absolute atomic E-state index is 0.0175. The van der Waals surface area contributed by atoms with Crippen LogP contribution in [0, 0.1) is 6.92 Å². The predicted octanol–water partition coefficient (Wildman–Crippen LogP) is 2.66. The van der Waals surface area contributed by atoms with Gasteiger partial charge in [0.1, 0.15) is 0 Å². The van der Waals surface area contributed by atoms with Crippen molar-refractivity contribution in [2.45, 2.75) is 19.4 Å². The number of hydrogen-bond acceptors (Lipinski definition) is 4. The van der Waals surface area contributed by atoms with E-state index in [0.29, 0.717) is 24.5 Å². The van der Waals surface area contributed by atoms with Gasteiger partial charge in [-0.1, -0.05) is 23.8 Å². The van der Waals surface area contributed by atoms with Crippen LogP contribution in [0.1, 0.15) is 17.5 Å². The van der Waals surface area contributed by atoms with Gasteiger partial charge in [-0.05, 0) is 42.8 Å². The van der Waals surface area contributed by atoms with Crippen LogP contribution < -0.4 is 19.7 Å². The molecule has 2 amide bonds. The van der Waals surface area contributed by atoms with Crippen molar-refractivity contribution >= 4 is 23.6 Å². The van der Waals surface area contributed by atoms with Crippen LogP contribution in [0.25, 0.3) is 6.08 Å². The second kappa shape index (κ2) is 7.15. The number of hydrogen-bond donors (Lipinski definition) is 1. The summed E-state index contributed by atoms with van der Waals surface area (Å²) in [7, 11) is 0. The van der Waals surface area contributed by atoms with Crippen molar-refractivity contribution < 1.29 is 19.1 Å². The van der Waals surface area contributed by atoms with Crippen LogP contribution in [0.3, 0.4) is 0 Å². The summed E-state index contributed by atoms with van der Waals surface area (Å²) in [5, 5.41) is 2.90. The van der Waals surface area contributed by atoms with Gasteiger partial charge >= 0.3 is 0 Å². The molecule has 1 saturated heterocycles. The minimum Gasteiger partial charge on any atom is -0.454 e. The van der Waals surface area contributed by atoms with Crippen LogP contribution in [0.2, 0.25) is 0 Å². The fourth-order valence-corrected chi connectivity index (χ4v) is 3.22. The number of aryl methyl sites for hydroxylation is 1. The maximum atomic E-state index is 12.3. The average molecular weight is 364 g/mol. The van der Waals surface area contributed by atoms with Gasteiger partial charge in [0, 0.05) is 24.7 Å². The number of anilines is 1. The third-order valence-corrected chi connectivity index (χ3v) is 4.64. The molecular formula is C21H20N2O4. The van der Waals surface area contributed by atoms with E-state index >= 15 is 0 Å². The number of nitrogens with one attached hydrogen (secondary N) is 1. The van der Waals surface area contributed by atoms with Gasteiger partial charge in [0.05, 0.1) is 6.04 Å². The summed E-state index contributed by atoms with van der Waals surface area (Å²) in [6.45, 7) is 2.70. The van der Waals surface area contributed by atoms with Crippen LogP contribution in [0.5, 0.6) is 11.5 Å². The fourth-order valence-electron chi connectivity index (χ4n) is 3.22. The van der Waals surface area contributed by atoms with Gasteiger partial charge in [0.25, 0.3) is 0 Å². The van der Waals surface area contributed by atoms with Gasteiger partial charge in [-0.25, -0.2) is 0 Å². The summed E-state index contributed by atoms with van der Waals surface area (Å²) in [5.74, 6) is 1.17. The highest BCUT2D eigenvalue weighted by atomic mass is 16.7. The van der Waals surface area contributed by atoms with E-state index < -0.39 is 0 Å². The molecule has 0 saturated carbocycles. The molecule has 6 heteroatoms. The van der Waals surface area contributed by atoms with Crippen LogP contribution in [0.4, 0.5) is 5.69 Å². The SMILES string of the molecule is Cc1ccc(N2CC(NC(=O)/C=C/c3ccc4c(c3)OCO4)CC2=O)cc1. The van der Waals surface area contributed by atoms with Crippen molar-refractivity contribution in [3.63, 3.8) is 0 Å². The molecule has 0 bridgehead atoms. The highest BCUT2D eigenvalue weighted by Crippen LogP contribution is 2.32. The molecule has 0 spiro atoms. The predicted molar refractivity (Wildman–Crippen MR) is 102 cm³/mol. The molecular weight excluding hydrogens is 344 g/mol. The van der Waals surface area contributed by atoms with Crippen molar-refractivity contribution in [3.05, 3.63) is 59.7 Å². The lowest BCUT2D eigenvalue weighted by Gasteiger charge is -2.17. The Kier molecular flexibility index (Phi) is 4.54. The first-order chi connectivity index (χ1) is 13.1. The first kappa shape index (κ1) is 17.1. The van der Waals surface area contributed by atoms with Gasteiger partial charge in [-0.15, -0.1) is 0 Å². The minimum atomic E-state index is -0.226. The normalized spacial score (nSPS) is 18.3. The van der Waals surface area contributed by atoms with Crippen LogP contribution in [-0.4, -0.2) is 31.2 Å². The Labute approximate surface area is 157 Å². The first-order valence-corrected chi connectivity index (χ1v) is 8.84. The van der Waals surface area contributed by atoms with Crippen molar-refractivity contribution in [3.8, 4) is 11.5 Å². The second-order valence-electron chi connectivity index (χ2n) is 6.70. The van der Waals surface area contributed by atoms with Gasteiger partial charge in [-0.2, -0.15) is 0 Å². The molecule has 0 aliphatic carbocycles. The summed E-state index contributed by atoms with van der Waals surface area (Å²) in [6.07, 6.45) is 3.49. The van der Waals surface area contributed by atoms with Gasteiger partial charge in [0.2, 0.25) is 18.6 Å². The summed E-state index contributed by atoms with van der Waals surface area (Å²) >= 11 is 0. The van der Waals surface area contributed by atoms with E-state index in [-0.39, 0.29) is 24.6 Å². The fraction of sp³-hybridized carbons (Fsp3) is 0.238. The number of amides is 2. The van der Waals surface area contributed by atoms with E-state index in [1.54, 1.807) is 11.0 Å². The largest absolute Gasteiger partial charge is 0.454 e. The molecule has 2 aromatic carbocycles. The number of rotatable bonds is 4. The van der Waals surface area contributed by atoms with Crippen LogP contribution in [0.15, 0.2) is 48.5 Å². The van der Waals surface area contributed by atoms with Crippen LogP contribution in [-0.2, 0) is 9.59 Å². The Morgan fingerprint density at radius 3 is 2.74 bits per heavy atom. The molecule has 27 heavy (non-hydrogen) atoms. The number of benzene rings is 2. The molecule has 1 N–H and O–H groups in total. The standard InChI is InChI=1S/C21H20N2O4/c1-14-2-6-17(7-3-14)23-12-16(11-21(23)25)22-20(24)9-5-15-4-8-18-19(10-15)27-13-26-18/h2-10,16H,11-13H2,1H3,(H,22,24)/b9-5+. The Hall–Kier alpha value is -3.28. The zero-order valence-corrected chi connectivity index (χ0v) is 15.0. The zero-order valence-electron chi connectivity index (χ0n) is 15.0. The quantitative estimate of drug-likeness (QED) is 0.847. The Balaban J connectivity index is 1.36. The Morgan fingerprint density at radius 2 is 1.93 bits per heavy atom. The van der Waals surface area contributed by atoms with E-state index in [9.17, 15) is 9.59 Å². The highest BCUT2D eigenvalue weighted by molar-refractivity contribution is 5.98. The summed E-state index contributed by atoms with van der Waals surface area (Å²) < 4.78 is 10.6. The molecule has 6 nitrogen and oxygen atoms in total.